The number of benzene rings is 1. The molecule has 0 radical (unpaired) electrons. The molecule has 0 atom stereocenters. The van der Waals surface area contributed by atoms with E-state index in [-0.39, 0.29) is 12.2 Å². The predicted octanol–water partition coefficient (Wildman–Crippen LogP) is 2.76. The lowest BCUT2D eigenvalue weighted by atomic mass is 10.2. The number of carbonyl (C=O) groups is 1. The second kappa shape index (κ2) is 6.91. The monoisotopic (exact) mass is 320 g/mol. The summed E-state index contributed by atoms with van der Waals surface area (Å²) in [5.74, 6) is -0.481. The molecule has 2 heterocycles. The number of hydrogen-bond acceptors (Lipinski definition) is 4. The molecule has 120 valence electrons. The van der Waals surface area contributed by atoms with Crippen LogP contribution in [0.15, 0.2) is 65.6 Å². The Labute approximate surface area is 138 Å². The van der Waals surface area contributed by atoms with E-state index in [9.17, 15) is 9.59 Å². The lowest BCUT2D eigenvalue weighted by molar-refractivity contribution is -0.139. The summed E-state index contributed by atoms with van der Waals surface area (Å²) < 4.78 is 6.63. The second-order valence-corrected chi connectivity index (χ2v) is 5.32. The zero-order valence-corrected chi connectivity index (χ0v) is 13.2. The van der Waals surface area contributed by atoms with Crippen molar-refractivity contribution in [3.05, 3.63) is 88.0 Å². The number of fused-ring (bicyclic) bond motifs is 1. The minimum Gasteiger partial charge on any atom is -0.456 e. The summed E-state index contributed by atoms with van der Waals surface area (Å²) in [6.07, 6.45) is 4.69. The van der Waals surface area contributed by atoms with Gasteiger partial charge in [-0.25, -0.2) is 9.78 Å². The summed E-state index contributed by atoms with van der Waals surface area (Å²) in [5, 5.41) is 0. The molecule has 0 amide bonds. The van der Waals surface area contributed by atoms with Gasteiger partial charge < -0.3 is 4.74 Å². The fraction of sp³-hybridized carbons (Fsp3) is 0.105. The first-order valence-electron chi connectivity index (χ1n) is 7.51. The Morgan fingerprint density at radius 3 is 2.79 bits per heavy atom. The summed E-state index contributed by atoms with van der Waals surface area (Å²) in [7, 11) is 0. The van der Waals surface area contributed by atoms with Crippen molar-refractivity contribution in [1.29, 1.82) is 0 Å². The van der Waals surface area contributed by atoms with Crippen molar-refractivity contribution in [3.63, 3.8) is 0 Å². The highest BCUT2D eigenvalue weighted by Gasteiger charge is 2.06. The van der Waals surface area contributed by atoms with Gasteiger partial charge >= 0.3 is 5.97 Å². The van der Waals surface area contributed by atoms with Gasteiger partial charge in [0, 0.05) is 18.3 Å². The van der Waals surface area contributed by atoms with Crippen molar-refractivity contribution in [1.82, 2.24) is 9.38 Å². The Morgan fingerprint density at radius 1 is 1.21 bits per heavy atom. The van der Waals surface area contributed by atoms with Gasteiger partial charge in [0.05, 0.1) is 5.69 Å². The standard InChI is InChI=1S/C19H16N2O3/c1-14-6-5-11-21-17(22)12-16(20-19(14)21)13-24-18(23)10-9-15-7-3-2-4-8-15/h2-12H,13H2,1H3/b10-9+. The quantitative estimate of drug-likeness (QED) is 0.548. The van der Waals surface area contributed by atoms with E-state index in [4.69, 9.17) is 4.74 Å². The summed E-state index contributed by atoms with van der Waals surface area (Å²) in [5.41, 5.74) is 2.58. The average Bonchev–Trinajstić information content (AvgIpc) is 2.60. The Kier molecular flexibility index (Phi) is 4.52. The lowest BCUT2D eigenvalue weighted by Crippen LogP contribution is -2.17. The molecule has 0 aliphatic rings. The zero-order valence-electron chi connectivity index (χ0n) is 13.2. The highest BCUT2D eigenvalue weighted by atomic mass is 16.5. The van der Waals surface area contributed by atoms with Crippen molar-refractivity contribution in [2.75, 3.05) is 0 Å². The summed E-state index contributed by atoms with van der Waals surface area (Å²) >= 11 is 0. The van der Waals surface area contributed by atoms with Crippen LogP contribution in [0, 0.1) is 6.92 Å². The van der Waals surface area contributed by atoms with Crippen LogP contribution in [-0.2, 0) is 16.1 Å². The van der Waals surface area contributed by atoms with Crippen LogP contribution in [0.4, 0.5) is 0 Å². The Bertz CT molecular complexity index is 959. The smallest absolute Gasteiger partial charge is 0.331 e. The van der Waals surface area contributed by atoms with Crippen molar-refractivity contribution >= 4 is 17.7 Å². The third kappa shape index (κ3) is 3.57. The van der Waals surface area contributed by atoms with Gasteiger partial charge in [0.15, 0.2) is 0 Å². The van der Waals surface area contributed by atoms with E-state index in [0.717, 1.165) is 11.1 Å². The van der Waals surface area contributed by atoms with Gasteiger partial charge in [-0.05, 0) is 30.2 Å². The molecule has 0 fully saturated rings. The topological polar surface area (TPSA) is 60.7 Å². The lowest BCUT2D eigenvalue weighted by Gasteiger charge is -2.06. The number of carbonyl (C=O) groups excluding carboxylic acids is 1. The van der Waals surface area contributed by atoms with Crippen LogP contribution in [0.1, 0.15) is 16.8 Å². The van der Waals surface area contributed by atoms with Crippen LogP contribution in [0.5, 0.6) is 0 Å². The van der Waals surface area contributed by atoms with E-state index in [1.165, 1.54) is 16.5 Å². The van der Waals surface area contributed by atoms with E-state index in [1.54, 1.807) is 18.3 Å². The third-order valence-corrected chi connectivity index (χ3v) is 3.51. The molecule has 0 saturated heterocycles. The van der Waals surface area contributed by atoms with Gasteiger partial charge in [-0.15, -0.1) is 0 Å². The number of pyridine rings is 1. The fourth-order valence-electron chi connectivity index (χ4n) is 2.30. The van der Waals surface area contributed by atoms with E-state index in [1.807, 2.05) is 43.3 Å². The van der Waals surface area contributed by atoms with Crippen LogP contribution in [0.2, 0.25) is 0 Å². The van der Waals surface area contributed by atoms with Gasteiger partial charge in [-0.3, -0.25) is 9.20 Å². The van der Waals surface area contributed by atoms with E-state index < -0.39 is 5.97 Å². The summed E-state index contributed by atoms with van der Waals surface area (Å²) in [6, 6.07) is 14.5. The molecule has 0 aliphatic carbocycles. The Morgan fingerprint density at radius 2 is 2.00 bits per heavy atom. The molecule has 2 aromatic heterocycles. The van der Waals surface area contributed by atoms with Crippen molar-refractivity contribution in [2.24, 2.45) is 0 Å². The van der Waals surface area contributed by atoms with Crippen LogP contribution in [-0.4, -0.2) is 15.4 Å². The summed E-state index contributed by atoms with van der Waals surface area (Å²) in [4.78, 5) is 28.2. The maximum atomic E-state index is 12.1. The van der Waals surface area contributed by atoms with Gasteiger partial charge in [-0.1, -0.05) is 36.4 Å². The number of nitrogens with zero attached hydrogens (tertiary/aromatic N) is 2. The third-order valence-electron chi connectivity index (χ3n) is 3.51. The minimum absolute atomic E-state index is 0.0436. The second-order valence-electron chi connectivity index (χ2n) is 5.32. The SMILES string of the molecule is Cc1cccn2c(=O)cc(COC(=O)/C=C/c3ccccc3)nc12. The number of aromatic nitrogens is 2. The molecule has 0 saturated carbocycles. The Hall–Kier alpha value is -3.21. The van der Waals surface area contributed by atoms with E-state index >= 15 is 0 Å². The largest absolute Gasteiger partial charge is 0.456 e. The molecule has 24 heavy (non-hydrogen) atoms. The van der Waals surface area contributed by atoms with Gasteiger partial charge in [-0.2, -0.15) is 0 Å². The number of hydrogen-bond donors (Lipinski definition) is 0. The normalized spacial score (nSPS) is 11.0. The Balaban J connectivity index is 1.72. The van der Waals surface area contributed by atoms with Crippen molar-refractivity contribution < 1.29 is 9.53 Å². The fourth-order valence-corrected chi connectivity index (χ4v) is 2.30. The maximum Gasteiger partial charge on any atom is 0.331 e. The molecule has 0 N–H and O–H groups in total. The molecular formula is C19H16N2O3. The highest BCUT2D eigenvalue weighted by Crippen LogP contribution is 2.07. The van der Waals surface area contributed by atoms with Crippen LogP contribution in [0.3, 0.4) is 0 Å². The van der Waals surface area contributed by atoms with Crippen LogP contribution >= 0.6 is 0 Å². The molecule has 5 nitrogen and oxygen atoms in total. The van der Waals surface area contributed by atoms with Gasteiger partial charge in [0.1, 0.15) is 12.3 Å². The molecule has 0 bridgehead atoms. The first-order valence-corrected chi connectivity index (χ1v) is 7.51. The number of aryl methyl sites for hydroxylation is 1. The number of ether oxygens (including phenoxy) is 1. The highest BCUT2D eigenvalue weighted by molar-refractivity contribution is 5.87. The molecule has 0 aliphatic heterocycles. The first kappa shape index (κ1) is 15.7. The number of esters is 1. The maximum absolute atomic E-state index is 12.1. The molecule has 3 aromatic rings. The summed E-state index contributed by atoms with van der Waals surface area (Å²) in [6.45, 7) is 1.83. The number of rotatable bonds is 4. The van der Waals surface area contributed by atoms with Crippen molar-refractivity contribution in [3.8, 4) is 0 Å². The average molecular weight is 320 g/mol. The van der Waals surface area contributed by atoms with Crippen LogP contribution in [0.25, 0.3) is 11.7 Å². The van der Waals surface area contributed by atoms with Crippen molar-refractivity contribution in [2.45, 2.75) is 13.5 Å². The van der Waals surface area contributed by atoms with E-state index in [0.29, 0.717) is 11.3 Å². The molecular weight excluding hydrogens is 304 g/mol. The minimum atomic E-state index is -0.481. The predicted molar refractivity (Wildman–Crippen MR) is 91.5 cm³/mol. The van der Waals surface area contributed by atoms with Gasteiger partial charge in [0.2, 0.25) is 0 Å². The molecule has 5 heteroatoms. The molecule has 3 rings (SSSR count). The molecule has 0 unspecified atom stereocenters. The van der Waals surface area contributed by atoms with E-state index in [2.05, 4.69) is 4.98 Å². The van der Waals surface area contributed by atoms with Gasteiger partial charge in [0.25, 0.3) is 5.56 Å². The molecule has 1 aromatic carbocycles. The zero-order chi connectivity index (χ0) is 16.9. The van der Waals surface area contributed by atoms with Crippen LogP contribution < -0.4 is 5.56 Å². The first-order chi connectivity index (χ1) is 11.6. The molecule has 0 spiro atoms.